The predicted molar refractivity (Wildman–Crippen MR) is 96.1 cm³/mol. The van der Waals surface area contributed by atoms with Crippen molar-refractivity contribution >= 4 is 16.1 Å². The molecule has 0 aliphatic heterocycles. The number of aryl methyl sites for hydroxylation is 1. The van der Waals surface area contributed by atoms with Crippen molar-refractivity contribution < 1.29 is 22.7 Å². The van der Waals surface area contributed by atoms with Gasteiger partial charge in [0.1, 0.15) is 0 Å². The number of carbonyl (C=O) groups is 1. The highest BCUT2D eigenvalue weighted by Crippen LogP contribution is 2.28. The first-order chi connectivity index (χ1) is 11.8. The fourth-order valence-electron chi connectivity index (χ4n) is 2.00. The Morgan fingerprint density at radius 1 is 1.20 bits per heavy atom. The summed E-state index contributed by atoms with van der Waals surface area (Å²) in [5, 5.41) is 2.68. The van der Waals surface area contributed by atoms with E-state index in [0.29, 0.717) is 30.9 Å². The number of methoxy groups -OCH3 is 1. The van der Waals surface area contributed by atoms with Gasteiger partial charge in [0.15, 0.2) is 11.5 Å². The van der Waals surface area contributed by atoms with Crippen LogP contribution in [0.25, 0.3) is 0 Å². The molecule has 1 aromatic rings. The van der Waals surface area contributed by atoms with Crippen LogP contribution in [0, 0.1) is 0 Å². The normalized spacial score (nSPS) is 11.4. The topological polar surface area (TPSA) is 97.0 Å². The molecule has 1 rings (SSSR count). The molecule has 0 heterocycles. The fourth-order valence-corrected chi connectivity index (χ4v) is 2.62. The molecule has 0 radical (unpaired) electrons. The van der Waals surface area contributed by atoms with E-state index in [1.54, 1.807) is 7.11 Å². The largest absolute Gasteiger partial charge is 0.493 e. The van der Waals surface area contributed by atoms with E-state index in [1.807, 2.05) is 25.1 Å². The maximum absolute atomic E-state index is 11.8. The van der Waals surface area contributed by atoms with E-state index in [9.17, 15) is 13.2 Å². The summed E-state index contributed by atoms with van der Waals surface area (Å²) in [6, 6.07) is 5.57. The first-order valence-electron chi connectivity index (χ1n) is 8.03. The van der Waals surface area contributed by atoms with Gasteiger partial charge in [-0.05, 0) is 31.0 Å². The average molecular weight is 373 g/mol. The molecule has 25 heavy (non-hydrogen) atoms. The lowest BCUT2D eigenvalue weighted by Crippen LogP contribution is -2.40. The van der Waals surface area contributed by atoms with Crippen molar-refractivity contribution in [2.24, 2.45) is 0 Å². The Labute approximate surface area is 149 Å². The molecular formula is C16H27N3O5S. The molecule has 1 amide bonds. The second-order valence-corrected chi connectivity index (χ2v) is 7.42. The molecule has 8 nitrogen and oxygen atoms in total. The summed E-state index contributed by atoms with van der Waals surface area (Å²) in [5.74, 6) is 1.17. The van der Waals surface area contributed by atoms with Crippen molar-refractivity contribution in [3.63, 3.8) is 0 Å². The average Bonchev–Trinajstić information content (AvgIpc) is 2.57. The lowest BCUT2D eigenvalue weighted by atomic mass is 10.1. The highest BCUT2D eigenvalue weighted by atomic mass is 32.2. The van der Waals surface area contributed by atoms with Gasteiger partial charge in [-0.15, -0.1) is 0 Å². The molecule has 0 atom stereocenters. The maximum Gasteiger partial charge on any atom is 0.278 e. The van der Waals surface area contributed by atoms with Gasteiger partial charge in [0.2, 0.25) is 5.91 Å². The number of nitrogens with one attached hydrogen (secondary N) is 2. The number of ether oxygens (including phenoxy) is 2. The number of hydrogen-bond donors (Lipinski definition) is 2. The molecule has 2 N–H and O–H groups in total. The third-order valence-electron chi connectivity index (χ3n) is 3.38. The Morgan fingerprint density at radius 2 is 1.92 bits per heavy atom. The first-order valence-corrected chi connectivity index (χ1v) is 9.47. The monoisotopic (exact) mass is 373 g/mol. The van der Waals surface area contributed by atoms with Crippen molar-refractivity contribution in [3.05, 3.63) is 23.8 Å². The molecular weight excluding hydrogens is 346 g/mol. The summed E-state index contributed by atoms with van der Waals surface area (Å²) in [6.07, 6.45) is 0.857. The van der Waals surface area contributed by atoms with E-state index in [-0.39, 0.29) is 19.0 Å². The van der Waals surface area contributed by atoms with Crippen molar-refractivity contribution in [1.82, 2.24) is 14.3 Å². The Hall–Kier alpha value is -1.84. The number of benzene rings is 1. The standard InChI is InChI=1S/C16H27N3O5S/c1-5-24-14-8-6-13(12-15(14)23-4)7-9-16(20)17-10-11-18-25(21,22)19(2)3/h6,8,12,18H,5,7,9-11H2,1-4H3,(H,17,20). The minimum absolute atomic E-state index is 0.142. The van der Waals surface area contributed by atoms with E-state index in [4.69, 9.17) is 9.47 Å². The molecule has 0 aliphatic carbocycles. The minimum Gasteiger partial charge on any atom is -0.493 e. The molecule has 0 spiro atoms. The van der Waals surface area contributed by atoms with Crippen LogP contribution in [0.5, 0.6) is 11.5 Å². The van der Waals surface area contributed by atoms with Crippen LogP contribution in [-0.2, 0) is 21.4 Å². The zero-order valence-corrected chi connectivity index (χ0v) is 16.0. The van der Waals surface area contributed by atoms with Gasteiger partial charge in [-0.3, -0.25) is 4.79 Å². The predicted octanol–water partition coefficient (Wildman–Crippen LogP) is 0.539. The number of nitrogens with zero attached hydrogens (tertiary/aromatic N) is 1. The van der Waals surface area contributed by atoms with Crippen LogP contribution in [0.3, 0.4) is 0 Å². The Bertz CT molecular complexity index is 662. The molecule has 0 saturated carbocycles. The number of carbonyl (C=O) groups excluding carboxylic acids is 1. The van der Waals surface area contributed by atoms with Crippen LogP contribution >= 0.6 is 0 Å². The number of hydrogen-bond acceptors (Lipinski definition) is 5. The molecule has 0 unspecified atom stereocenters. The van der Waals surface area contributed by atoms with Gasteiger partial charge in [-0.2, -0.15) is 12.7 Å². The van der Waals surface area contributed by atoms with Crippen LogP contribution in [0.15, 0.2) is 18.2 Å². The number of amides is 1. The Kier molecular flexibility index (Phi) is 8.67. The summed E-state index contributed by atoms with van der Waals surface area (Å²) in [6.45, 7) is 2.83. The summed E-state index contributed by atoms with van der Waals surface area (Å²) in [5.41, 5.74) is 0.962. The van der Waals surface area contributed by atoms with E-state index in [1.165, 1.54) is 14.1 Å². The molecule has 0 aliphatic rings. The van der Waals surface area contributed by atoms with Crippen LogP contribution in [0.4, 0.5) is 0 Å². The van der Waals surface area contributed by atoms with Gasteiger partial charge < -0.3 is 14.8 Å². The smallest absolute Gasteiger partial charge is 0.278 e. The Morgan fingerprint density at radius 3 is 2.52 bits per heavy atom. The van der Waals surface area contributed by atoms with Gasteiger partial charge in [-0.25, -0.2) is 4.72 Å². The molecule has 0 saturated heterocycles. The lowest BCUT2D eigenvalue weighted by Gasteiger charge is -2.13. The zero-order chi connectivity index (χ0) is 18.9. The second kappa shape index (κ2) is 10.2. The van der Waals surface area contributed by atoms with Crippen molar-refractivity contribution in [2.45, 2.75) is 19.8 Å². The maximum atomic E-state index is 11.8. The van der Waals surface area contributed by atoms with E-state index in [0.717, 1.165) is 9.87 Å². The van der Waals surface area contributed by atoms with Crippen molar-refractivity contribution in [2.75, 3.05) is 40.9 Å². The third-order valence-corrected chi connectivity index (χ3v) is 4.91. The van der Waals surface area contributed by atoms with E-state index in [2.05, 4.69) is 10.0 Å². The first kappa shape index (κ1) is 21.2. The highest BCUT2D eigenvalue weighted by Gasteiger charge is 2.12. The molecule has 0 bridgehead atoms. The quantitative estimate of drug-likeness (QED) is 0.552. The van der Waals surface area contributed by atoms with Gasteiger partial charge in [0.05, 0.1) is 13.7 Å². The van der Waals surface area contributed by atoms with Gasteiger partial charge in [-0.1, -0.05) is 6.07 Å². The summed E-state index contributed by atoms with van der Waals surface area (Å²) in [4.78, 5) is 11.8. The van der Waals surface area contributed by atoms with E-state index < -0.39 is 10.2 Å². The van der Waals surface area contributed by atoms with Gasteiger partial charge in [0, 0.05) is 33.6 Å². The Balaban J connectivity index is 2.39. The molecule has 142 valence electrons. The summed E-state index contributed by atoms with van der Waals surface area (Å²) < 4.78 is 37.2. The molecule has 9 heteroatoms. The summed E-state index contributed by atoms with van der Waals surface area (Å²) >= 11 is 0. The highest BCUT2D eigenvalue weighted by molar-refractivity contribution is 7.87. The SMILES string of the molecule is CCOc1ccc(CCC(=O)NCCNS(=O)(=O)N(C)C)cc1OC. The van der Waals surface area contributed by atoms with Crippen molar-refractivity contribution in [3.8, 4) is 11.5 Å². The second-order valence-electron chi connectivity index (χ2n) is 5.45. The molecule has 0 fully saturated rings. The lowest BCUT2D eigenvalue weighted by molar-refractivity contribution is -0.121. The third kappa shape index (κ3) is 7.29. The molecule has 1 aromatic carbocycles. The van der Waals surface area contributed by atoms with Crippen LogP contribution in [0.1, 0.15) is 18.9 Å². The number of rotatable bonds is 11. The van der Waals surface area contributed by atoms with Crippen LogP contribution in [-0.4, -0.2) is 59.5 Å². The van der Waals surface area contributed by atoms with E-state index >= 15 is 0 Å². The minimum atomic E-state index is -3.46. The molecule has 0 aromatic heterocycles. The fraction of sp³-hybridized carbons (Fsp3) is 0.562. The van der Waals surface area contributed by atoms with Crippen LogP contribution in [0.2, 0.25) is 0 Å². The zero-order valence-electron chi connectivity index (χ0n) is 15.2. The van der Waals surface area contributed by atoms with Gasteiger partial charge in [0.25, 0.3) is 10.2 Å². The van der Waals surface area contributed by atoms with Crippen LogP contribution < -0.4 is 19.5 Å². The summed E-state index contributed by atoms with van der Waals surface area (Å²) in [7, 11) is 0.984. The van der Waals surface area contributed by atoms with Gasteiger partial charge >= 0.3 is 0 Å². The van der Waals surface area contributed by atoms with Crippen molar-refractivity contribution in [1.29, 1.82) is 0 Å².